The number of morpholine rings is 1. The fourth-order valence-corrected chi connectivity index (χ4v) is 3.87. The molecule has 2 atom stereocenters. The third-order valence-electron chi connectivity index (χ3n) is 5.21. The molecule has 4 rings (SSSR count). The number of hydrogen-bond acceptors (Lipinski definition) is 3. The number of aromatic nitrogens is 2. The van der Waals surface area contributed by atoms with Crippen molar-refractivity contribution in [1.29, 1.82) is 0 Å². The number of carbonyl (C=O) groups excluding carboxylic acids is 1. The molecule has 1 amide bonds. The molecule has 29 heavy (non-hydrogen) atoms. The highest BCUT2D eigenvalue weighted by molar-refractivity contribution is 6.00. The molecule has 0 spiro atoms. The van der Waals surface area contributed by atoms with E-state index in [1.165, 1.54) is 5.56 Å². The lowest BCUT2D eigenvalue weighted by Crippen LogP contribution is -2.48. The summed E-state index contributed by atoms with van der Waals surface area (Å²) >= 11 is 0. The quantitative estimate of drug-likeness (QED) is 0.673. The first-order valence-electron chi connectivity index (χ1n) is 10.1. The largest absolute Gasteiger partial charge is 0.372 e. The first-order valence-corrected chi connectivity index (χ1v) is 10.1. The van der Waals surface area contributed by atoms with Gasteiger partial charge in [-0.2, -0.15) is 5.10 Å². The van der Waals surface area contributed by atoms with Gasteiger partial charge in [-0.15, -0.1) is 0 Å². The number of hydrogen-bond donors (Lipinski definition) is 0. The summed E-state index contributed by atoms with van der Waals surface area (Å²) in [6, 6.07) is 18.3. The molecule has 0 unspecified atom stereocenters. The molecular weight excluding hydrogens is 362 g/mol. The van der Waals surface area contributed by atoms with E-state index in [9.17, 15) is 4.79 Å². The van der Waals surface area contributed by atoms with Gasteiger partial charge in [-0.05, 0) is 26.3 Å². The Kier molecular flexibility index (Phi) is 5.49. The molecule has 1 aliphatic heterocycles. The van der Waals surface area contributed by atoms with Gasteiger partial charge in [0.25, 0.3) is 5.91 Å². The Hall–Kier alpha value is -2.92. The van der Waals surface area contributed by atoms with Crippen molar-refractivity contribution in [3.8, 4) is 11.3 Å². The van der Waals surface area contributed by atoms with Gasteiger partial charge in [0.05, 0.1) is 24.3 Å². The number of ether oxygens (including phenoxy) is 1. The molecule has 0 radical (unpaired) electrons. The summed E-state index contributed by atoms with van der Waals surface area (Å²) in [6.07, 6.45) is 1.95. The summed E-state index contributed by atoms with van der Waals surface area (Å²) in [5.41, 5.74) is 4.67. The third kappa shape index (κ3) is 4.40. The van der Waals surface area contributed by atoms with Gasteiger partial charge in [0.2, 0.25) is 0 Å². The first-order chi connectivity index (χ1) is 14.0. The lowest BCUT2D eigenvalue weighted by Gasteiger charge is -2.35. The summed E-state index contributed by atoms with van der Waals surface area (Å²) in [6.45, 7) is 7.90. The molecule has 3 aromatic rings. The topological polar surface area (TPSA) is 47.4 Å². The van der Waals surface area contributed by atoms with Crippen LogP contribution < -0.4 is 0 Å². The van der Waals surface area contributed by atoms with Crippen molar-refractivity contribution < 1.29 is 9.53 Å². The van der Waals surface area contributed by atoms with Crippen molar-refractivity contribution in [1.82, 2.24) is 14.7 Å². The Bertz CT molecular complexity index is 969. The highest BCUT2D eigenvalue weighted by atomic mass is 16.5. The molecule has 1 aromatic heterocycles. The van der Waals surface area contributed by atoms with Gasteiger partial charge >= 0.3 is 0 Å². The van der Waals surface area contributed by atoms with Crippen LogP contribution in [0.4, 0.5) is 0 Å². The Morgan fingerprint density at radius 2 is 1.69 bits per heavy atom. The lowest BCUT2D eigenvalue weighted by atomic mass is 10.1. The number of aryl methyl sites for hydroxylation is 1. The van der Waals surface area contributed by atoms with Crippen molar-refractivity contribution in [2.45, 2.75) is 39.5 Å². The Morgan fingerprint density at radius 1 is 1.03 bits per heavy atom. The van der Waals surface area contributed by atoms with Crippen LogP contribution in [0.2, 0.25) is 0 Å². The maximum Gasteiger partial charge on any atom is 0.257 e. The van der Waals surface area contributed by atoms with Gasteiger partial charge in [-0.1, -0.05) is 60.2 Å². The van der Waals surface area contributed by atoms with Crippen molar-refractivity contribution in [3.63, 3.8) is 0 Å². The molecule has 0 saturated carbocycles. The van der Waals surface area contributed by atoms with Crippen LogP contribution in [0, 0.1) is 6.92 Å². The number of carbonyl (C=O) groups is 1. The van der Waals surface area contributed by atoms with Crippen LogP contribution in [0.15, 0.2) is 60.8 Å². The van der Waals surface area contributed by atoms with Gasteiger partial charge in [-0.3, -0.25) is 9.48 Å². The minimum atomic E-state index is 0.0156. The predicted molar refractivity (Wildman–Crippen MR) is 114 cm³/mol. The maximum absolute atomic E-state index is 13.4. The highest BCUT2D eigenvalue weighted by Crippen LogP contribution is 2.25. The summed E-state index contributed by atoms with van der Waals surface area (Å²) in [5, 5.41) is 4.80. The van der Waals surface area contributed by atoms with Crippen LogP contribution >= 0.6 is 0 Å². The van der Waals surface area contributed by atoms with E-state index in [4.69, 9.17) is 9.84 Å². The van der Waals surface area contributed by atoms with E-state index in [0.29, 0.717) is 25.2 Å². The molecule has 150 valence electrons. The van der Waals surface area contributed by atoms with Crippen LogP contribution in [-0.4, -0.2) is 45.9 Å². The van der Waals surface area contributed by atoms with Gasteiger partial charge in [0, 0.05) is 24.8 Å². The van der Waals surface area contributed by atoms with E-state index < -0.39 is 0 Å². The van der Waals surface area contributed by atoms with Gasteiger partial charge < -0.3 is 9.64 Å². The van der Waals surface area contributed by atoms with Crippen LogP contribution in [0.1, 0.15) is 35.3 Å². The molecule has 1 aliphatic rings. The zero-order chi connectivity index (χ0) is 20.4. The first kappa shape index (κ1) is 19.4. The average molecular weight is 389 g/mol. The van der Waals surface area contributed by atoms with E-state index >= 15 is 0 Å². The summed E-state index contributed by atoms with van der Waals surface area (Å²) in [4.78, 5) is 15.3. The van der Waals surface area contributed by atoms with Crippen molar-refractivity contribution >= 4 is 5.91 Å². The molecule has 1 saturated heterocycles. The van der Waals surface area contributed by atoms with E-state index in [0.717, 1.165) is 16.8 Å². The van der Waals surface area contributed by atoms with Crippen LogP contribution in [0.25, 0.3) is 11.3 Å². The standard InChI is InChI=1S/C24H27N3O2/c1-17-9-11-21(12-10-17)23-22(24(28)26-13-18(2)29-19(3)14-26)16-27(25-23)15-20-7-5-4-6-8-20/h4-12,16,18-19H,13-15H2,1-3H3/t18-,19-/m0/s1. The molecule has 5 nitrogen and oxygen atoms in total. The summed E-state index contributed by atoms with van der Waals surface area (Å²) in [5.74, 6) is 0.0156. The minimum Gasteiger partial charge on any atom is -0.372 e. The number of rotatable bonds is 4. The molecule has 2 aromatic carbocycles. The van der Waals surface area contributed by atoms with Crippen molar-refractivity contribution in [2.24, 2.45) is 0 Å². The Balaban J connectivity index is 1.70. The molecule has 0 bridgehead atoms. The maximum atomic E-state index is 13.4. The predicted octanol–water partition coefficient (Wildman–Crippen LogP) is 4.16. The molecule has 0 N–H and O–H groups in total. The zero-order valence-corrected chi connectivity index (χ0v) is 17.2. The zero-order valence-electron chi connectivity index (χ0n) is 17.2. The molecule has 5 heteroatoms. The monoisotopic (exact) mass is 389 g/mol. The second-order valence-electron chi connectivity index (χ2n) is 7.91. The lowest BCUT2D eigenvalue weighted by molar-refractivity contribution is -0.0586. The number of benzene rings is 2. The van der Waals surface area contributed by atoms with E-state index in [2.05, 4.69) is 31.2 Å². The number of amides is 1. The smallest absolute Gasteiger partial charge is 0.257 e. The van der Waals surface area contributed by atoms with Crippen molar-refractivity contribution in [3.05, 3.63) is 77.5 Å². The number of nitrogens with zero attached hydrogens (tertiary/aromatic N) is 3. The molecule has 1 fully saturated rings. The van der Waals surface area contributed by atoms with Crippen LogP contribution in [0.5, 0.6) is 0 Å². The second-order valence-corrected chi connectivity index (χ2v) is 7.91. The average Bonchev–Trinajstić information content (AvgIpc) is 3.11. The van der Waals surface area contributed by atoms with E-state index in [1.807, 2.05) is 60.0 Å². The third-order valence-corrected chi connectivity index (χ3v) is 5.21. The normalized spacial score (nSPS) is 19.3. The van der Waals surface area contributed by atoms with Crippen molar-refractivity contribution in [2.75, 3.05) is 13.1 Å². The molecular formula is C24H27N3O2. The molecule has 0 aliphatic carbocycles. The Morgan fingerprint density at radius 3 is 2.34 bits per heavy atom. The summed E-state index contributed by atoms with van der Waals surface area (Å²) < 4.78 is 7.67. The van der Waals surface area contributed by atoms with E-state index in [1.54, 1.807) is 0 Å². The van der Waals surface area contributed by atoms with Gasteiger partial charge in [0.15, 0.2) is 0 Å². The highest BCUT2D eigenvalue weighted by Gasteiger charge is 2.29. The fraction of sp³-hybridized carbons (Fsp3) is 0.333. The SMILES string of the molecule is Cc1ccc(-c2nn(Cc3ccccc3)cc2C(=O)N2C[C@H](C)O[C@@H](C)C2)cc1. The second kappa shape index (κ2) is 8.21. The van der Waals surface area contributed by atoms with Gasteiger partial charge in [-0.25, -0.2) is 0 Å². The van der Waals surface area contributed by atoms with Gasteiger partial charge in [0.1, 0.15) is 5.69 Å². The van der Waals surface area contributed by atoms with Crippen LogP contribution in [-0.2, 0) is 11.3 Å². The molecule has 2 heterocycles. The Labute approximate surface area is 171 Å². The fourth-order valence-electron chi connectivity index (χ4n) is 3.87. The summed E-state index contributed by atoms with van der Waals surface area (Å²) in [7, 11) is 0. The minimum absolute atomic E-state index is 0.0156. The van der Waals surface area contributed by atoms with Crippen LogP contribution in [0.3, 0.4) is 0 Å². The van der Waals surface area contributed by atoms with E-state index in [-0.39, 0.29) is 18.1 Å².